The zero-order chi connectivity index (χ0) is 7.98. The second-order valence-electron chi connectivity index (χ2n) is 1.93. The molecule has 0 aromatic heterocycles. The number of carbonyl (C=O) groups excluding carboxylic acids is 2. The molecule has 0 aromatic carbocycles. The smallest absolute Gasteiger partial charge is 0.187 e. The van der Waals surface area contributed by atoms with E-state index in [0.29, 0.717) is 0 Å². The third-order valence-electron chi connectivity index (χ3n) is 0.608. The molecule has 0 saturated carbocycles. The summed E-state index contributed by atoms with van der Waals surface area (Å²) in [5, 5.41) is 0. The van der Waals surface area contributed by atoms with Gasteiger partial charge in [0, 0.05) is 0 Å². The number of ketones is 2. The van der Waals surface area contributed by atoms with Crippen LogP contribution >= 0.6 is 0 Å². The van der Waals surface area contributed by atoms with Gasteiger partial charge in [0.15, 0.2) is 46.3 Å². The Bertz CT molecular complexity index is 122. The van der Waals surface area contributed by atoms with Crippen LogP contribution in [0.2, 0.25) is 0 Å². The molecule has 0 heterocycles. The second-order valence-corrected chi connectivity index (χ2v) is 1.93. The van der Waals surface area contributed by atoms with Crippen LogP contribution in [0.5, 0.6) is 0 Å². The summed E-state index contributed by atoms with van der Waals surface area (Å²) in [6.07, 6.45) is 0. The Kier molecular flexibility index (Phi) is 17.2. The number of hydrogen-bond donors (Lipinski definition) is 0. The Morgan fingerprint density at radius 3 is 1.33 bits per heavy atom. The summed E-state index contributed by atoms with van der Waals surface area (Å²) in [5.41, 5.74) is 0. The van der Waals surface area contributed by atoms with Crippen LogP contribution < -0.4 is 0 Å². The minimum absolute atomic E-state index is 0. The lowest BCUT2D eigenvalue weighted by Crippen LogP contribution is -2.09. The molecule has 6 heteroatoms. The topological polar surface area (TPSA) is 52.6 Å². The first kappa shape index (κ1) is 18.2. The zero-order valence-corrected chi connectivity index (χ0v) is 6.05. The largest absolute Gasteiger partial charge is 0.297 e. The summed E-state index contributed by atoms with van der Waals surface area (Å²) in [5.74, 6) is -0.271. The molecule has 0 rings (SSSR count). The first-order valence-electron chi connectivity index (χ1n) is 2.86. The van der Waals surface area contributed by atoms with Gasteiger partial charge in [-0.15, -0.1) is 0 Å². The zero-order valence-electron chi connectivity index (χ0n) is 6.05. The molecule has 4 nitrogen and oxygen atoms in total. The maximum atomic E-state index is 10.2. The molecule has 0 radical (unpaired) electrons. The van der Waals surface area contributed by atoms with Crippen molar-refractivity contribution >= 4 is 46.3 Å². The van der Waals surface area contributed by atoms with Gasteiger partial charge in [0.2, 0.25) is 0 Å². The van der Waals surface area contributed by atoms with Crippen LogP contribution in [0.4, 0.5) is 0 Å². The molecule has 70 valence electrons. The van der Waals surface area contributed by atoms with E-state index < -0.39 is 0 Å². The van der Waals surface area contributed by atoms with E-state index >= 15 is 0 Å². The van der Waals surface area contributed by atoms with E-state index in [4.69, 9.17) is 0 Å². The average molecular weight is 206 g/mol. The van der Waals surface area contributed by atoms with Gasteiger partial charge >= 0.3 is 0 Å². The van der Waals surface area contributed by atoms with Crippen molar-refractivity contribution in [2.45, 2.75) is 13.8 Å². The molecule has 12 heavy (non-hydrogen) atoms. The van der Waals surface area contributed by atoms with Crippen LogP contribution in [0.1, 0.15) is 13.8 Å². The van der Waals surface area contributed by atoms with Gasteiger partial charge in [-0.05, 0) is 13.8 Å². The quantitative estimate of drug-likeness (QED) is 0.220. The summed E-state index contributed by atoms with van der Waals surface area (Å²) in [6.45, 7) is 2.54. The van der Waals surface area contributed by atoms with Crippen molar-refractivity contribution in [2.24, 2.45) is 0 Å². The molecule has 0 aliphatic rings. The monoisotopic (exact) mass is 206 g/mol. The predicted molar refractivity (Wildman–Crippen MR) is 53.1 cm³/mol. The summed E-state index contributed by atoms with van der Waals surface area (Å²) >= 11 is 0. The fourth-order valence-electron chi connectivity index (χ4n) is 0.249. The third kappa shape index (κ3) is 16.7. The van der Waals surface area contributed by atoms with Crippen molar-refractivity contribution in [1.82, 2.24) is 0 Å². The third-order valence-corrected chi connectivity index (χ3v) is 0.608. The highest BCUT2D eigenvalue weighted by Gasteiger charge is 1.95. The lowest BCUT2D eigenvalue weighted by molar-refractivity contribution is -0.282. The lowest BCUT2D eigenvalue weighted by Gasteiger charge is -1.97. The van der Waals surface area contributed by atoms with Gasteiger partial charge in [0.05, 0.1) is 0 Å². The van der Waals surface area contributed by atoms with Gasteiger partial charge < -0.3 is 0 Å². The fraction of sp³-hybridized carbons (Fsp3) is 0.667. The summed E-state index contributed by atoms with van der Waals surface area (Å²) < 4.78 is 0. The molecule has 0 N–H and O–H groups in total. The molecule has 0 aliphatic heterocycles. The maximum Gasteiger partial charge on any atom is 0.187 e. The molecule has 0 aromatic rings. The van der Waals surface area contributed by atoms with Crippen LogP contribution in [-0.4, -0.2) is 59.5 Å². The van der Waals surface area contributed by atoms with Crippen molar-refractivity contribution < 1.29 is 19.4 Å². The van der Waals surface area contributed by atoms with Crippen molar-refractivity contribution in [1.29, 1.82) is 0 Å². The molecule has 0 unspecified atom stereocenters. The summed E-state index contributed by atoms with van der Waals surface area (Å²) in [7, 11) is 0. The Balaban J connectivity index is -0.000000405. The molecular formula is C6H16Al2O4. The van der Waals surface area contributed by atoms with E-state index in [1.807, 2.05) is 0 Å². The molecule has 0 bridgehead atoms. The molecule has 0 atom stereocenters. The second kappa shape index (κ2) is 11.3. The fourth-order valence-corrected chi connectivity index (χ4v) is 0.249. The van der Waals surface area contributed by atoms with Crippen LogP contribution in [0, 0.1) is 0 Å². The standard InChI is InChI=1S/C6H10O4.2Al.6H/c1-5(7)3-9-10-4-6(2)8;;;;;;;;/h3-4H2,1-2H3;;;;;;;;. The number of rotatable bonds is 5. The van der Waals surface area contributed by atoms with Crippen molar-refractivity contribution in [2.75, 3.05) is 13.2 Å². The van der Waals surface area contributed by atoms with Crippen molar-refractivity contribution in [3.05, 3.63) is 0 Å². The highest BCUT2D eigenvalue weighted by atomic mass is 27.0. The summed E-state index contributed by atoms with van der Waals surface area (Å²) in [4.78, 5) is 29.1. The van der Waals surface area contributed by atoms with Crippen LogP contribution in [-0.2, 0) is 19.4 Å². The number of Topliss-reactive ketones (excluding diaryl/α,β-unsaturated/α-hetero) is 2. The van der Waals surface area contributed by atoms with E-state index in [1.165, 1.54) is 13.8 Å². The van der Waals surface area contributed by atoms with Gasteiger partial charge in [0.25, 0.3) is 0 Å². The van der Waals surface area contributed by atoms with Crippen LogP contribution in [0.3, 0.4) is 0 Å². The van der Waals surface area contributed by atoms with E-state index in [2.05, 4.69) is 9.78 Å². The predicted octanol–water partition coefficient (Wildman–Crippen LogP) is -2.26. The Labute approximate surface area is 92.8 Å². The van der Waals surface area contributed by atoms with Crippen LogP contribution in [0.15, 0.2) is 0 Å². The van der Waals surface area contributed by atoms with Gasteiger partial charge in [-0.2, -0.15) is 0 Å². The normalized spacial score (nSPS) is 7.83. The van der Waals surface area contributed by atoms with Gasteiger partial charge in [-0.3, -0.25) is 9.59 Å². The minimum Gasteiger partial charge on any atom is -0.297 e. The van der Waals surface area contributed by atoms with Gasteiger partial charge in [-0.25, -0.2) is 9.78 Å². The molecule has 0 aliphatic carbocycles. The SMILES string of the molecule is CC(=O)COOCC(C)=O.[AlH3].[AlH3]. The van der Waals surface area contributed by atoms with Crippen LogP contribution in [0.25, 0.3) is 0 Å². The van der Waals surface area contributed by atoms with Gasteiger partial charge in [-0.1, -0.05) is 0 Å². The molecular weight excluding hydrogens is 190 g/mol. The van der Waals surface area contributed by atoms with E-state index in [-0.39, 0.29) is 59.5 Å². The lowest BCUT2D eigenvalue weighted by atomic mass is 10.5. The maximum absolute atomic E-state index is 10.2. The first-order valence-corrected chi connectivity index (χ1v) is 2.86. The van der Waals surface area contributed by atoms with E-state index in [0.717, 1.165) is 0 Å². The highest BCUT2D eigenvalue weighted by Crippen LogP contribution is 1.80. The Hall–Kier alpha value is 0.325. The molecule has 0 amide bonds. The van der Waals surface area contributed by atoms with Crippen molar-refractivity contribution in [3.8, 4) is 0 Å². The van der Waals surface area contributed by atoms with Crippen molar-refractivity contribution in [3.63, 3.8) is 0 Å². The number of hydrogen-bond acceptors (Lipinski definition) is 4. The minimum atomic E-state index is -0.136. The Morgan fingerprint density at radius 1 is 0.917 bits per heavy atom. The van der Waals surface area contributed by atoms with E-state index in [1.54, 1.807) is 0 Å². The Morgan fingerprint density at radius 2 is 1.17 bits per heavy atom. The molecule has 0 spiro atoms. The van der Waals surface area contributed by atoms with Gasteiger partial charge in [0.1, 0.15) is 13.2 Å². The molecule has 0 fully saturated rings. The highest BCUT2D eigenvalue weighted by molar-refractivity contribution is 5.77. The first-order chi connectivity index (χ1) is 4.63. The number of carbonyl (C=O) groups is 2. The summed E-state index contributed by atoms with van der Waals surface area (Å²) in [6, 6.07) is 0. The van der Waals surface area contributed by atoms with E-state index in [9.17, 15) is 9.59 Å². The molecule has 0 saturated heterocycles. The average Bonchev–Trinajstić information content (AvgIpc) is 1.79.